The van der Waals surface area contributed by atoms with Gasteiger partial charge in [-0.05, 0) is 61.3 Å². The smallest absolute Gasteiger partial charge is 0.414 e. The Bertz CT molecular complexity index is 1610. The van der Waals surface area contributed by atoms with Crippen molar-refractivity contribution >= 4 is 59.2 Å². The molecule has 13 heteroatoms. The van der Waals surface area contributed by atoms with Gasteiger partial charge in [0.05, 0.1) is 21.1 Å². The monoisotopic (exact) mass is 705 g/mol. The number of ether oxygens (including phenoxy) is 1. The van der Waals surface area contributed by atoms with E-state index in [1.54, 1.807) is 55.6 Å². The maximum absolute atomic E-state index is 14.3. The van der Waals surface area contributed by atoms with Crippen molar-refractivity contribution in [2.75, 3.05) is 44.7 Å². The highest BCUT2D eigenvalue weighted by molar-refractivity contribution is 6.42. The van der Waals surface area contributed by atoms with E-state index in [-0.39, 0.29) is 43.1 Å². The van der Waals surface area contributed by atoms with Crippen LogP contribution in [0.5, 0.6) is 0 Å². The minimum absolute atomic E-state index is 0. The lowest BCUT2D eigenvalue weighted by molar-refractivity contribution is -0.132. The Labute approximate surface area is 290 Å². The number of nitrogens with one attached hydrogen (secondary N) is 2. The summed E-state index contributed by atoms with van der Waals surface area (Å²) >= 11 is 12.7. The molecule has 0 unspecified atom stereocenters. The summed E-state index contributed by atoms with van der Waals surface area (Å²) < 4.78 is 20.3. The van der Waals surface area contributed by atoms with Crippen LogP contribution in [-0.4, -0.2) is 62.6 Å². The topological polar surface area (TPSA) is 117 Å². The highest BCUT2D eigenvalue weighted by Crippen LogP contribution is 2.45. The highest BCUT2D eigenvalue weighted by Gasteiger charge is 2.47. The maximum Gasteiger partial charge on any atom is 0.414 e. The molecule has 2 atom stereocenters. The standard InChI is InChI=1S/C34H38Cl2FN5O4.ClH/c1-33(23-8-10-26(35)27(36)20-23,31(44)40-29(30(43)39-16-15-38)22-6-4-3-5-7-22)12-17-42-18-13-34(14-19-42)25-21-24(37)9-11-28(25)41(2)32(45)46-34;/h3-11,20-21,29H,12-19,38H2,1-2H3,(H,39,43)(H,40,44);1H/t29-,33+;/m0./s1. The number of nitrogens with two attached hydrogens (primary N) is 1. The van der Waals surface area contributed by atoms with Crippen LogP contribution < -0.4 is 21.3 Å². The molecule has 5 rings (SSSR count). The second-order valence-corrected chi connectivity index (χ2v) is 12.8. The molecule has 9 nitrogen and oxygen atoms in total. The first-order valence-corrected chi connectivity index (χ1v) is 16.0. The van der Waals surface area contributed by atoms with Gasteiger partial charge in [0.1, 0.15) is 17.5 Å². The zero-order valence-corrected chi connectivity index (χ0v) is 28.6. The molecule has 3 aromatic rings. The summed E-state index contributed by atoms with van der Waals surface area (Å²) in [6, 6.07) is 17.6. The SMILES string of the molecule is CN1C(=O)OC2(CCN(CC[C@@](C)(C(=O)N[C@H](C(=O)NCCN)c3ccccc3)c3ccc(Cl)c(Cl)c3)CC2)c2cc(F)ccc21.Cl. The number of anilines is 1. The van der Waals surface area contributed by atoms with E-state index in [1.807, 2.05) is 13.0 Å². The van der Waals surface area contributed by atoms with Crippen molar-refractivity contribution < 1.29 is 23.5 Å². The number of carbonyl (C=O) groups excluding carboxylic acids is 3. The third-order valence-corrected chi connectivity index (χ3v) is 9.87. The molecule has 3 aromatic carbocycles. The van der Waals surface area contributed by atoms with Crippen LogP contribution in [0.25, 0.3) is 0 Å². The van der Waals surface area contributed by atoms with Gasteiger partial charge in [-0.15, -0.1) is 12.4 Å². The summed E-state index contributed by atoms with van der Waals surface area (Å²) in [6.07, 6.45) is 0.843. The first-order chi connectivity index (χ1) is 22.0. The normalized spacial score (nSPS) is 17.5. The fraction of sp³-hybridized carbons (Fsp3) is 0.382. The van der Waals surface area contributed by atoms with Gasteiger partial charge in [0.15, 0.2) is 0 Å². The van der Waals surface area contributed by atoms with E-state index in [2.05, 4.69) is 15.5 Å². The number of fused-ring (bicyclic) bond motifs is 2. The minimum atomic E-state index is -1.11. The summed E-state index contributed by atoms with van der Waals surface area (Å²) in [5.74, 6) is -1.11. The Kier molecular flexibility index (Phi) is 11.8. The van der Waals surface area contributed by atoms with Crippen LogP contribution in [-0.2, 0) is 25.3 Å². The van der Waals surface area contributed by atoms with Crippen molar-refractivity contribution in [3.63, 3.8) is 0 Å². The second kappa shape index (κ2) is 15.2. The zero-order valence-electron chi connectivity index (χ0n) is 26.2. The first-order valence-electron chi connectivity index (χ1n) is 15.3. The molecular formula is C34H39Cl3FN5O4. The molecule has 0 saturated carbocycles. The Morgan fingerprint density at radius 3 is 2.43 bits per heavy atom. The molecule has 4 N–H and O–H groups in total. The Morgan fingerprint density at radius 2 is 1.77 bits per heavy atom. The zero-order chi connectivity index (χ0) is 33.1. The number of hydrogen-bond donors (Lipinski definition) is 3. The quantitative estimate of drug-likeness (QED) is 0.249. The Hall–Kier alpha value is -3.41. The van der Waals surface area contributed by atoms with E-state index in [0.29, 0.717) is 71.3 Å². The van der Waals surface area contributed by atoms with Crippen LogP contribution in [0.15, 0.2) is 66.7 Å². The summed E-state index contributed by atoms with van der Waals surface area (Å²) in [4.78, 5) is 43.8. The number of carbonyl (C=O) groups is 3. The van der Waals surface area contributed by atoms with E-state index in [1.165, 1.54) is 17.0 Å². The fourth-order valence-corrected chi connectivity index (χ4v) is 6.51. The molecule has 0 aliphatic carbocycles. The molecule has 1 saturated heterocycles. The van der Waals surface area contributed by atoms with E-state index >= 15 is 0 Å². The van der Waals surface area contributed by atoms with Gasteiger partial charge in [-0.1, -0.05) is 59.6 Å². The number of benzene rings is 3. The van der Waals surface area contributed by atoms with Crippen LogP contribution >= 0.6 is 35.6 Å². The maximum atomic E-state index is 14.3. The summed E-state index contributed by atoms with van der Waals surface area (Å²) in [7, 11) is 1.61. The van der Waals surface area contributed by atoms with Crippen LogP contribution in [0.2, 0.25) is 10.0 Å². The number of likely N-dealkylation sites (tertiary alicyclic amines) is 1. The average molecular weight is 707 g/mol. The predicted octanol–water partition coefficient (Wildman–Crippen LogP) is 5.71. The summed E-state index contributed by atoms with van der Waals surface area (Å²) in [5.41, 5.74) is 6.15. The fourth-order valence-electron chi connectivity index (χ4n) is 6.21. The third-order valence-electron chi connectivity index (χ3n) is 9.13. The molecule has 252 valence electrons. The van der Waals surface area contributed by atoms with Gasteiger partial charge >= 0.3 is 6.09 Å². The number of halogens is 4. The van der Waals surface area contributed by atoms with E-state index in [4.69, 9.17) is 33.7 Å². The lowest BCUT2D eigenvalue weighted by Gasteiger charge is -2.46. The van der Waals surface area contributed by atoms with Crippen molar-refractivity contribution in [2.24, 2.45) is 5.73 Å². The Balaban J connectivity index is 0.00000500. The van der Waals surface area contributed by atoms with Gasteiger partial charge in [-0.2, -0.15) is 0 Å². The van der Waals surface area contributed by atoms with E-state index in [9.17, 15) is 18.8 Å². The summed E-state index contributed by atoms with van der Waals surface area (Å²) in [6.45, 7) is 3.97. The number of amides is 3. The molecule has 2 aliphatic heterocycles. The van der Waals surface area contributed by atoms with Crippen LogP contribution in [0.4, 0.5) is 14.9 Å². The molecule has 47 heavy (non-hydrogen) atoms. The van der Waals surface area contributed by atoms with Crippen molar-refractivity contribution in [3.8, 4) is 0 Å². The van der Waals surface area contributed by atoms with Gasteiger partial charge in [-0.3, -0.25) is 14.5 Å². The lowest BCUT2D eigenvalue weighted by atomic mass is 9.77. The molecule has 1 spiro atoms. The van der Waals surface area contributed by atoms with Crippen LogP contribution in [0.1, 0.15) is 48.9 Å². The molecule has 2 heterocycles. The molecule has 0 radical (unpaired) electrons. The third kappa shape index (κ3) is 7.68. The highest BCUT2D eigenvalue weighted by atomic mass is 35.5. The number of piperidine rings is 1. The first kappa shape index (κ1) is 36.4. The molecule has 0 aromatic heterocycles. The molecule has 2 aliphatic rings. The van der Waals surface area contributed by atoms with Crippen LogP contribution in [0.3, 0.4) is 0 Å². The Morgan fingerprint density at radius 1 is 1.06 bits per heavy atom. The second-order valence-electron chi connectivity index (χ2n) is 12.0. The molecule has 3 amide bonds. The van der Waals surface area contributed by atoms with E-state index < -0.39 is 23.2 Å². The molecular weight excluding hydrogens is 668 g/mol. The number of nitrogens with zero attached hydrogens (tertiary/aromatic N) is 2. The number of rotatable bonds is 10. The largest absolute Gasteiger partial charge is 0.437 e. The van der Waals surface area contributed by atoms with Crippen molar-refractivity contribution in [3.05, 3.63) is 99.3 Å². The van der Waals surface area contributed by atoms with Crippen molar-refractivity contribution in [1.82, 2.24) is 15.5 Å². The minimum Gasteiger partial charge on any atom is -0.437 e. The summed E-state index contributed by atoms with van der Waals surface area (Å²) in [5, 5.41) is 6.45. The molecule has 0 bridgehead atoms. The van der Waals surface area contributed by atoms with Crippen LogP contribution in [0, 0.1) is 5.82 Å². The van der Waals surface area contributed by atoms with Gasteiger partial charge in [0, 0.05) is 51.6 Å². The number of hydrogen-bond acceptors (Lipinski definition) is 6. The molecule has 1 fully saturated rings. The predicted molar refractivity (Wildman–Crippen MR) is 184 cm³/mol. The van der Waals surface area contributed by atoms with Gasteiger partial charge in [0.25, 0.3) is 0 Å². The van der Waals surface area contributed by atoms with E-state index in [0.717, 1.165) is 0 Å². The van der Waals surface area contributed by atoms with Crippen molar-refractivity contribution in [2.45, 2.75) is 43.2 Å². The van der Waals surface area contributed by atoms with Crippen molar-refractivity contribution in [1.29, 1.82) is 0 Å². The van der Waals surface area contributed by atoms with Gasteiger partial charge < -0.3 is 26.0 Å². The average Bonchev–Trinajstić information content (AvgIpc) is 3.06. The lowest BCUT2D eigenvalue weighted by Crippen LogP contribution is -2.52. The van der Waals surface area contributed by atoms with Gasteiger partial charge in [0.2, 0.25) is 11.8 Å². The van der Waals surface area contributed by atoms with Gasteiger partial charge in [-0.25, -0.2) is 9.18 Å².